The van der Waals surface area contributed by atoms with E-state index in [1.807, 2.05) is 25.1 Å². The summed E-state index contributed by atoms with van der Waals surface area (Å²) in [6.07, 6.45) is 1.80. The van der Waals surface area contributed by atoms with Gasteiger partial charge in [0.1, 0.15) is 0 Å². The minimum absolute atomic E-state index is 0. The molecule has 2 rings (SSSR count). The largest absolute Gasteiger partial charge is 0.490 e. The van der Waals surface area contributed by atoms with Gasteiger partial charge in [0.2, 0.25) is 12.3 Å². The molecule has 0 aliphatic heterocycles. The number of rotatable bonds is 5. The summed E-state index contributed by atoms with van der Waals surface area (Å²) >= 11 is 0. The topological polar surface area (TPSA) is 105 Å². The third kappa shape index (κ3) is 4.83. The standard InChI is InChI=1S/C15H15N2O4.BrH.H2O/c1-11-5-3-4-8-16(11)10-14(18)12-6-7-15(21-2)13(9-12)17(19)20;;/h3-9H,10H2,1-2H3;1H;1H2/q+1;;. The molecule has 1 aromatic carbocycles. The molecule has 0 bridgehead atoms. The molecular formula is C15H18BrN2O5+. The quantitative estimate of drug-likeness (QED) is 0.338. The molecule has 0 saturated carbocycles. The monoisotopic (exact) mass is 385 g/mol. The van der Waals surface area contributed by atoms with Crippen molar-refractivity contribution in [1.29, 1.82) is 0 Å². The minimum Gasteiger partial charge on any atom is -0.490 e. The minimum atomic E-state index is -0.559. The number of aromatic nitrogens is 1. The number of pyridine rings is 1. The lowest BCUT2D eigenvalue weighted by Crippen LogP contribution is -2.40. The highest BCUT2D eigenvalue weighted by Crippen LogP contribution is 2.27. The van der Waals surface area contributed by atoms with Gasteiger partial charge in [-0.3, -0.25) is 14.9 Å². The van der Waals surface area contributed by atoms with Crippen LogP contribution >= 0.6 is 17.0 Å². The second kappa shape index (κ2) is 8.96. The van der Waals surface area contributed by atoms with Crippen molar-refractivity contribution in [1.82, 2.24) is 0 Å². The zero-order valence-corrected chi connectivity index (χ0v) is 14.4. The van der Waals surface area contributed by atoms with Gasteiger partial charge < -0.3 is 10.2 Å². The highest BCUT2D eigenvalue weighted by Gasteiger charge is 2.20. The Hall–Kier alpha value is -2.32. The van der Waals surface area contributed by atoms with E-state index < -0.39 is 4.92 Å². The number of benzene rings is 1. The number of Topliss-reactive ketones (excluding diaryl/α,β-unsaturated/α-hetero) is 1. The van der Waals surface area contributed by atoms with Gasteiger partial charge in [-0.05, 0) is 12.1 Å². The molecule has 8 heteroatoms. The molecule has 0 saturated heterocycles. The Morgan fingerprint density at radius 3 is 2.57 bits per heavy atom. The molecule has 0 fully saturated rings. The Morgan fingerprint density at radius 2 is 2.00 bits per heavy atom. The average Bonchev–Trinajstić information content (AvgIpc) is 2.48. The van der Waals surface area contributed by atoms with E-state index in [-0.39, 0.29) is 46.2 Å². The molecule has 23 heavy (non-hydrogen) atoms. The number of nitro groups is 1. The van der Waals surface area contributed by atoms with Crippen LogP contribution in [0.2, 0.25) is 0 Å². The Balaban J connectivity index is 0.00000242. The number of methoxy groups -OCH3 is 1. The maximum atomic E-state index is 12.3. The second-order valence-electron chi connectivity index (χ2n) is 4.54. The number of hydrogen-bond acceptors (Lipinski definition) is 4. The van der Waals surface area contributed by atoms with Crippen LogP contribution in [0.4, 0.5) is 5.69 Å². The Labute approximate surface area is 143 Å². The summed E-state index contributed by atoms with van der Waals surface area (Å²) in [5.41, 5.74) is 1.02. The fraction of sp³-hybridized carbons (Fsp3) is 0.200. The van der Waals surface area contributed by atoms with E-state index in [1.165, 1.54) is 25.3 Å². The molecule has 0 aliphatic carbocycles. The molecule has 124 valence electrons. The molecule has 1 aromatic heterocycles. The first-order valence-corrected chi connectivity index (χ1v) is 6.33. The molecule has 7 nitrogen and oxygen atoms in total. The molecule has 0 spiro atoms. The molecule has 0 radical (unpaired) electrons. The molecule has 2 N–H and O–H groups in total. The fourth-order valence-electron chi connectivity index (χ4n) is 1.99. The van der Waals surface area contributed by atoms with Crippen LogP contribution < -0.4 is 9.30 Å². The van der Waals surface area contributed by atoms with E-state index in [4.69, 9.17) is 4.74 Å². The number of aryl methyl sites for hydroxylation is 1. The van der Waals surface area contributed by atoms with E-state index in [0.29, 0.717) is 5.56 Å². The SMILES string of the molecule is Br.COc1ccc(C(=O)C[n+]2ccccc2C)cc1[N+](=O)[O-].O. The normalized spacial score (nSPS) is 9.30. The number of nitrogens with zero attached hydrogens (tertiary/aromatic N) is 2. The van der Waals surface area contributed by atoms with Crippen molar-refractivity contribution >= 4 is 28.5 Å². The third-order valence-electron chi connectivity index (χ3n) is 3.18. The van der Waals surface area contributed by atoms with Gasteiger partial charge >= 0.3 is 5.69 Å². The summed E-state index contributed by atoms with van der Waals surface area (Å²) < 4.78 is 6.71. The lowest BCUT2D eigenvalue weighted by Gasteiger charge is -2.04. The summed E-state index contributed by atoms with van der Waals surface area (Å²) in [5.74, 6) is -0.0554. The summed E-state index contributed by atoms with van der Waals surface area (Å²) in [6.45, 7) is 2.03. The first-order chi connectivity index (χ1) is 10.0. The first kappa shape index (κ1) is 20.7. The highest BCUT2D eigenvalue weighted by molar-refractivity contribution is 8.93. The first-order valence-electron chi connectivity index (χ1n) is 6.33. The van der Waals surface area contributed by atoms with Crippen LogP contribution in [0.5, 0.6) is 5.75 Å². The number of halogens is 1. The van der Waals surface area contributed by atoms with Crippen molar-refractivity contribution in [3.8, 4) is 5.75 Å². The molecule has 0 aliphatic rings. The average molecular weight is 386 g/mol. The Morgan fingerprint density at radius 1 is 1.30 bits per heavy atom. The van der Waals surface area contributed by atoms with Crippen LogP contribution in [0.3, 0.4) is 0 Å². The van der Waals surface area contributed by atoms with Gasteiger partial charge in [0.05, 0.1) is 12.0 Å². The van der Waals surface area contributed by atoms with Gasteiger partial charge in [0, 0.05) is 30.7 Å². The van der Waals surface area contributed by atoms with Crippen molar-refractivity contribution < 1.29 is 24.5 Å². The molecule has 0 atom stereocenters. The number of carbonyl (C=O) groups is 1. The van der Waals surface area contributed by atoms with Gasteiger partial charge in [-0.1, -0.05) is 6.07 Å². The number of carbonyl (C=O) groups excluding carboxylic acids is 1. The fourth-order valence-corrected chi connectivity index (χ4v) is 1.99. The van der Waals surface area contributed by atoms with Gasteiger partial charge in [-0.15, -0.1) is 17.0 Å². The molecule has 2 aromatic rings. The third-order valence-corrected chi connectivity index (χ3v) is 3.18. The zero-order valence-electron chi connectivity index (χ0n) is 12.7. The van der Waals surface area contributed by atoms with Crippen LogP contribution in [0.1, 0.15) is 16.1 Å². The van der Waals surface area contributed by atoms with Gasteiger partial charge in [0.15, 0.2) is 17.6 Å². The smallest absolute Gasteiger partial charge is 0.311 e. The van der Waals surface area contributed by atoms with E-state index in [0.717, 1.165) is 5.69 Å². The predicted molar refractivity (Wildman–Crippen MR) is 89.3 cm³/mol. The summed E-state index contributed by atoms with van der Waals surface area (Å²) in [5, 5.41) is 11.0. The van der Waals surface area contributed by atoms with Crippen LogP contribution in [-0.2, 0) is 6.54 Å². The van der Waals surface area contributed by atoms with Crippen LogP contribution in [-0.4, -0.2) is 23.3 Å². The summed E-state index contributed by atoms with van der Waals surface area (Å²) in [4.78, 5) is 22.7. The van der Waals surface area contributed by atoms with Crippen LogP contribution in [0, 0.1) is 17.0 Å². The van der Waals surface area contributed by atoms with E-state index >= 15 is 0 Å². The molecule has 0 amide bonds. The molecular weight excluding hydrogens is 368 g/mol. The van der Waals surface area contributed by atoms with Crippen molar-refractivity contribution in [2.45, 2.75) is 13.5 Å². The number of ether oxygens (including phenoxy) is 1. The van der Waals surface area contributed by atoms with E-state index in [9.17, 15) is 14.9 Å². The summed E-state index contributed by atoms with van der Waals surface area (Å²) in [6, 6.07) is 9.83. The van der Waals surface area contributed by atoms with Crippen LogP contribution in [0.15, 0.2) is 42.6 Å². The van der Waals surface area contributed by atoms with Gasteiger partial charge in [-0.25, -0.2) is 0 Å². The molecule has 1 heterocycles. The number of ketones is 1. The van der Waals surface area contributed by atoms with Crippen LogP contribution in [0.25, 0.3) is 0 Å². The van der Waals surface area contributed by atoms with E-state index in [1.54, 1.807) is 10.8 Å². The Bertz CT molecular complexity index is 706. The Kier molecular flexibility index (Phi) is 8.06. The second-order valence-corrected chi connectivity index (χ2v) is 4.54. The van der Waals surface area contributed by atoms with Crippen molar-refractivity contribution in [2.24, 2.45) is 0 Å². The lowest BCUT2D eigenvalue weighted by atomic mass is 10.1. The number of nitro benzene ring substituents is 1. The summed E-state index contributed by atoms with van der Waals surface area (Å²) in [7, 11) is 1.35. The van der Waals surface area contributed by atoms with Gasteiger partial charge in [-0.2, -0.15) is 4.57 Å². The van der Waals surface area contributed by atoms with Crippen molar-refractivity contribution in [3.63, 3.8) is 0 Å². The van der Waals surface area contributed by atoms with Gasteiger partial charge in [0.25, 0.3) is 0 Å². The zero-order chi connectivity index (χ0) is 15.4. The van der Waals surface area contributed by atoms with Crippen molar-refractivity contribution in [2.75, 3.05) is 7.11 Å². The predicted octanol–water partition coefficient (Wildman–Crippen LogP) is 1.84. The highest BCUT2D eigenvalue weighted by atomic mass is 79.9. The maximum absolute atomic E-state index is 12.3. The van der Waals surface area contributed by atoms with Crippen molar-refractivity contribution in [3.05, 3.63) is 64.0 Å². The maximum Gasteiger partial charge on any atom is 0.311 e. The molecule has 0 unspecified atom stereocenters. The van der Waals surface area contributed by atoms with E-state index in [2.05, 4.69) is 0 Å². The number of hydrogen-bond donors (Lipinski definition) is 0. The lowest BCUT2D eigenvalue weighted by molar-refractivity contribution is -0.689.